The SMILES string of the molecule is Cc1cc(N)cc(S(=O)(=O)Nc2cc(Cl)ccn2)c1F. The second kappa shape index (κ2) is 5.26. The molecule has 0 aliphatic rings. The predicted molar refractivity (Wildman–Crippen MR) is 75.6 cm³/mol. The first kappa shape index (κ1) is 14.5. The Hall–Kier alpha value is -1.86. The molecule has 2 rings (SSSR count). The lowest BCUT2D eigenvalue weighted by atomic mass is 10.2. The summed E-state index contributed by atoms with van der Waals surface area (Å²) in [4.78, 5) is 3.27. The number of nitrogens with two attached hydrogens (primary N) is 1. The van der Waals surface area contributed by atoms with E-state index in [1.165, 1.54) is 31.3 Å². The average Bonchev–Trinajstić information content (AvgIpc) is 2.33. The maximum Gasteiger partial charge on any atom is 0.266 e. The monoisotopic (exact) mass is 315 g/mol. The summed E-state index contributed by atoms with van der Waals surface area (Å²) in [5.74, 6) is -0.856. The topological polar surface area (TPSA) is 85.1 Å². The minimum Gasteiger partial charge on any atom is -0.399 e. The number of nitrogens with one attached hydrogen (secondary N) is 1. The van der Waals surface area contributed by atoms with Crippen LogP contribution in [0.25, 0.3) is 0 Å². The highest BCUT2D eigenvalue weighted by molar-refractivity contribution is 7.92. The standard InChI is InChI=1S/C12H11ClFN3O2S/c1-7-4-9(15)6-10(12(7)14)20(18,19)17-11-5-8(13)2-3-16-11/h2-6H,15H2,1H3,(H,16,17). The van der Waals surface area contributed by atoms with Crippen molar-refractivity contribution in [1.29, 1.82) is 0 Å². The van der Waals surface area contributed by atoms with E-state index in [1.807, 2.05) is 0 Å². The number of benzene rings is 1. The van der Waals surface area contributed by atoms with Crippen LogP contribution in [0.5, 0.6) is 0 Å². The van der Waals surface area contributed by atoms with Crippen molar-refractivity contribution < 1.29 is 12.8 Å². The van der Waals surface area contributed by atoms with Crippen LogP contribution in [-0.2, 0) is 10.0 Å². The third-order valence-electron chi connectivity index (χ3n) is 2.49. The molecule has 106 valence electrons. The van der Waals surface area contributed by atoms with Crippen molar-refractivity contribution in [2.75, 3.05) is 10.5 Å². The summed E-state index contributed by atoms with van der Waals surface area (Å²) < 4.78 is 40.4. The molecule has 0 aliphatic carbocycles. The lowest BCUT2D eigenvalue weighted by Crippen LogP contribution is -2.16. The molecule has 0 atom stereocenters. The number of hydrogen-bond acceptors (Lipinski definition) is 4. The van der Waals surface area contributed by atoms with E-state index in [0.717, 1.165) is 6.07 Å². The van der Waals surface area contributed by atoms with Crippen molar-refractivity contribution in [1.82, 2.24) is 4.98 Å². The van der Waals surface area contributed by atoms with E-state index in [2.05, 4.69) is 9.71 Å². The number of pyridine rings is 1. The summed E-state index contributed by atoms with van der Waals surface area (Å²) in [6.45, 7) is 1.43. The zero-order valence-electron chi connectivity index (χ0n) is 10.4. The largest absolute Gasteiger partial charge is 0.399 e. The first-order chi connectivity index (χ1) is 9.29. The molecule has 0 aliphatic heterocycles. The van der Waals surface area contributed by atoms with Crippen LogP contribution in [0.3, 0.4) is 0 Å². The molecular weight excluding hydrogens is 305 g/mol. The van der Waals surface area contributed by atoms with E-state index in [-0.39, 0.29) is 17.1 Å². The molecule has 1 heterocycles. The minimum atomic E-state index is -4.13. The number of anilines is 2. The van der Waals surface area contributed by atoms with Gasteiger partial charge in [0.05, 0.1) is 0 Å². The lowest BCUT2D eigenvalue weighted by Gasteiger charge is -2.10. The van der Waals surface area contributed by atoms with Gasteiger partial charge in [-0.15, -0.1) is 0 Å². The zero-order chi connectivity index (χ0) is 14.9. The van der Waals surface area contributed by atoms with Crippen LogP contribution in [0.4, 0.5) is 15.9 Å². The van der Waals surface area contributed by atoms with Crippen molar-refractivity contribution in [2.45, 2.75) is 11.8 Å². The fourth-order valence-corrected chi connectivity index (χ4v) is 2.96. The van der Waals surface area contributed by atoms with Crippen molar-refractivity contribution in [2.24, 2.45) is 0 Å². The molecule has 3 N–H and O–H groups in total. The first-order valence-electron chi connectivity index (χ1n) is 5.49. The highest BCUT2D eigenvalue weighted by Crippen LogP contribution is 2.24. The molecule has 0 fully saturated rings. The van der Waals surface area contributed by atoms with E-state index < -0.39 is 20.7 Å². The normalized spacial score (nSPS) is 11.3. The van der Waals surface area contributed by atoms with Gasteiger partial charge in [0.2, 0.25) is 0 Å². The number of rotatable bonds is 3. The van der Waals surface area contributed by atoms with Crippen LogP contribution in [0.1, 0.15) is 5.56 Å². The van der Waals surface area contributed by atoms with Crippen LogP contribution in [0, 0.1) is 12.7 Å². The Bertz CT molecular complexity index is 765. The number of hydrogen-bond donors (Lipinski definition) is 2. The quantitative estimate of drug-likeness (QED) is 0.852. The van der Waals surface area contributed by atoms with Crippen molar-refractivity contribution in [3.8, 4) is 0 Å². The fraction of sp³-hybridized carbons (Fsp3) is 0.0833. The molecular formula is C12H11ClFN3O2S. The zero-order valence-corrected chi connectivity index (χ0v) is 12.0. The number of aromatic nitrogens is 1. The summed E-state index contributed by atoms with van der Waals surface area (Å²) in [6.07, 6.45) is 1.33. The Labute approximate surface area is 120 Å². The Kier molecular flexibility index (Phi) is 3.82. The third kappa shape index (κ3) is 3.00. The third-order valence-corrected chi connectivity index (χ3v) is 4.08. The van der Waals surface area contributed by atoms with E-state index in [9.17, 15) is 12.8 Å². The van der Waals surface area contributed by atoms with Gasteiger partial charge in [-0.3, -0.25) is 4.72 Å². The number of halogens is 2. The summed E-state index contributed by atoms with van der Waals surface area (Å²) >= 11 is 5.73. The van der Waals surface area contributed by atoms with Gasteiger partial charge >= 0.3 is 0 Å². The van der Waals surface area contributed by atoms with Crippen LogP contribution >= 0.6 is 11.6 Å². The summed E-state index contributed by atoms with van der Waals surface area (Å²) in [6, 6.07) is 5.21. The molecule has 0 saturated carbocycles. The molecule has 20 heavy (non-hydrogen) atoms. The van der Waals surface area contributed by atoms with Crippen LogP contribution < -0.4 is 10.5 Å². The fourth-order valence-electron chi connectivity index (χ4n) is 1.61. The maximum atomic E-state index is 13.9. The number of aryl methyl sites for hydroxylation is 1. The molecule has 0 saturated heterocycles. The van der Waals surface area contributed by atoms with E-state index in [0.29, 0.717) is 5.02 Å². The summed E-state index contributed by atoms with van der Waals surface area (Å²) in [5, 5.41) is 0.307. The second-order valence-corrected chi connectivity index (χ2v) is 6.20. The van der Waals surface area contributed by atoms with Gasteiger partial charge in [-0.25, -0.2) is 17.8 Å². The molecule has 0 radical (unpaired) electrons. The molecule has 0 bridgehead atoms. The Morgan fingerprint density at radius 1 is 1.35 bits per heavy atom. The smallest absolute Gasteiger partial charge is 0.266 e. The Morgan fingerprint density at radius 2 is 2.05 bits per heavy atom. The molecule has 1 aromatic carbocycles. The molecule has 2 aromatic rings. The summed E-state index contributed by atoms with van der Waals surface area (Å²) in [5.41, 5.74) is 5.85. The van der Waals surface area contributed by atoms with Crippen LogP contribution in [0.15, 0.2) is 35.4 Å². The lowest BCUT2D eigenvalue weighted by molar-refractivity contribution is 0.565. The average molecular weight is 316 g/mol. The van der Waals surface area contributed by atoms with Gasteiger partial charge in [0.25, 0.3) is 10.0 Å². The van der Waals surface area contributed by atoms with Gasteiger partial charge in [0.1, 0.15) is 16.5 Å². The van der Waals surface area contributed by atoms with E-state index in [1.54, 1.807) is 0 Å². The van der Waals surface area contributed by atoms with Gasteiger partial charge < -0.3 is 5.73 Å². The van der Waals surface area contributed by atoms with Crippen molar-refractivity contribution >= 4 is 33.1 Å². The molecule has 0 amide bonds. The van der Waals surface area contributed by atoms with Gasteiger partial charge in [0, 0.05) is 23.0 Å². The van der Waals surface area contributed by atoms with Gasteiger partial charge in [0.15, 0.2) is 0 Å². The Morgan fingerprint density at radius 3 is 2.70 bits per heavy atom. The predicted octanol–water partition coefficient (Wildman–Crippen LogP) is 2.57. The summed E-state index contributed by atoms with van der Waals surface area (Å²) in [7, 11) is -4.13. The van der Waals surface area contributed by atoms with E-state index >= 15 is 0 Å². The highest BCUT2D eigenvalue weighted by atomic mass is 35.5. The first-order valence-corrected chi connectivity index (χ1v) is 7.36. The molecule has 0 unspecified atom stereocenters. The Balaban J connectivity index is 2.46. The van der Waals surface area contributed by atoms with Crippen molar-refractivity contribution in [3.05, 3.63) is 46.9 Å². The number of sulfonamides is 1. The molecule has 5 nitrogen and oxygen atoms in total. The minimum absolute atomic E-state index is 0.00280. The number of nitrogens with zero attached hydrogens (tertiary/aromatic N) is 1. The molecule has 1 aromatic heterocycles. The van der Waals surface area contributed by atoms with Gasteiger partial charge in [-0.05, 0) is 30.7 Å². The number of nitrogen functional groups attached to an aromatic ring is 1. The van der Waals surface area contributed by atoms with Gasteiger partial charge in [-0.2, -0.15) is 0 Å². The van der Waals surface area contributed by atoms with Crippen LogP contribution in [-0.4, -0.2) is 13.4 Å². The maximum absolute atomic E-state index is 13.9. The highest BCUT2D eigenvalue weighted by Gasteiger charge is 2.21. The molecule has 0 spiro atoms. The molecule has 8 heteroatoms. The van der Waals surface area contributed by atoms with Crippen molar-refractivity contribution in [3.63, 3.8) is 0 Å². The second-order valence-electron chi connectivity index (χ2n) is 4.11. The van der Waals surface area contributed by atoms with Gasteiger partial charge in [-0.1, -0.05) is 11.6 Å². The van der Waals surface area contributed by atoms with Crippen LogP contribution in [0.2, 0.25) is 5.02 Å². The van der Waals surface area contributed by atoms with E-state index in [4.69, 9.17) is 17.3 Å².